The summed E-state index contributed by atoms with van der Waals surface area (Å²) in [5, 5.41) is 0. The first-order chi connectivity index (χ1) is 15.1. The fourth-order valence-electron chi connectivity index (χ4n) is 4.11. The molecular formula is C24H34N4O3. The molecule has 0 saturated carbocycles. The number of fused-ring (bicyclic) bond motifs is 1. The molecule has 7 nitrogen and oxygen atoms in total. The summed E-state index contributed by atoms with van der Waals surface area (Å²) in [4.78, 5) is 39.1. The topological polar surface area (TPSA) is 75.6 Å². The summed E-state index contributed by atoms with van der Waals surface area (Å²) in [5.74, 6) is 0.443. The summed E-state index contributed by atoms with van der Waals surface area (Å²) in [6.45, 7) is 9.01. The second kappa shape index (κ2) is 11.1. The average molecular weight is 427 g/mol. The molecule has 2 heterocycles. The lowest BCUT2D eigenvalue weighted by Gasteiger charge is -2.26. The van der Waals surface area contributed by atoms with Gasteiger partial charge in [-0.15, -0.1) is 0 Å². The maximum Gasteiger partial charge on any atom is 0.360 e. The highest BCUT2D eigenvalue weighted by molar-refractivity contribution is 5.95. The molecule has 0 bridgehead atoms. The van der Waals surface area contributed by atoms with Crippen LogP contribution in [0.2, 0.25) is 0 Å². The van der Waals surface area contributed by atoms with Crippen LogP contribution in [0.5, 0.6) is 0 Å². The second-order valence-electron chi connectivity index (χ2n) is 8.02. The number of esters is 1. The molecule has 1 aliphatic rings. The van der Waals surface area contributed by atoms with E-state index in [-0.39, 0.29) is 24.1 Å². The van der Waals surface area contributed by atoms with Gasteiger partial charge < -0.3 is 14.5 Å². The van der Waals surface area contributed by atoms with Gasteiger partial charge in [0.2, 0.25) is 5.91 Å². The third-order valence-corrected chi connectivity index (χ3v) is 5.88. The number of hydrogen-bond donors (Lipinski definition) is 0. The lowest BCUT2D eigenvalue weighted by atomic mass is 9.97. The van der Waals surface area contributed by atoms with Gasteiger partial charge in [0.05, 0.1) is 17.6 Å². The van der Waals surface area contributed by atoms with Crippen LogP contribution in [0.1, 0.15) is 63.4 Å². The number of carbonyl (C=O) groups is 2. The molecule has 1 fully saturated rings. The van der Waals surface area contributed by atoms with Crippen LogP contribution >= 0.6 is 0 Å². The Morgan fingerprint density at radius 1 is 1.03 bits per heavy atom. The van der Waals surface area contributed by atoms with Crippen LogP contribution < -0.4 is 4.90 Å². The van der Waals surface area contributed by atoms with Crippen molar-refractivity contribution in [2.24, 2.45) is 5.92 Å². The number of aromatic nitrogens is 2. The number of amides is 1. The maximum atomic E-state index is 13.1. The van der Waals surface area contributed by atoms with Crippen molar-refractivity contribution < 1.29 is 14.3 Å². The Morgan fingerprint density at radius 3 is 2.45 bits per heavy atom. The van der Waals surface area contributed by atoms with E-state index in [0.29, 0.717) is 24.4 Å². The Kier molecular flexibility index (Phi) is 8.20. The molecule has 1 aromatic heterocycles. The van der Waals surface area contributed by atoms with Gasteiger partial charge in [0.15, 0.2) is 11.5 Å². The van der Waals surface area contributed by atoms with E-state index in [1.165, 1.54) is 0 Å². The minimum absolute atomic E-state index is 0.0991. The average Bonchev–Trinajstić information content (AvgIpc) is 3.05. The number of nitrogens with zero attached hydrogens (tertiary/aromatic N) is 4. The molecule has 168 valence electrons. The molecule has 1 amide bonds. The van der Waals surface area contributed by atoms with E-state index in [1.54, 1.807) is 6.92 Å². The van der Waals surface area contributed by atoms with E-state index in [1.807, 2.05) is 29.2 Å². The first kappa shape index (κ1) is 23.0. The quantitative estimate of drug-likeness (QED) is 0.593. The van der Waals surface area contributed by atoms with Crippen LogP contribution in [-0.4, -0.2) is 59.5 Å². The van der Waals surface area contributed by atoms with Crippen LogP contribution in [0, 0.1) is 5.92 Å². The van der Waals surface area contributed by atoms with Gasteiger partial charge in [-0.25, -0.2) is 14.8 Å². The normalized spacial score (nSPS) is 15.6. The van der Waals surface area contributed by atoms with Crippen LogP contribution in [0.15, 0.2) is 24.3 Å². The van der Waals surface area contributed by atoms with Gasteiger partial charge >= 0.3 is 5.97 Å². The molecule has 1 atom stereocenters. The van der Waals surface area contributed by atoms with Gasteiger partial charge in [0.1, 0.15) is 0 Å². The smallest absolute Gasteiger partial charge is 0.360 e. The molecule has 3 rings (SSSR count). The van der Waals surface area contributed by atoms with E-state index >= 15 is 0 Å². The van der Waals surface area contributed by atoms with E-state index in [2.05, 4.69) is 23.7 Å². The first-order valence-electron chi connectivity index (χ1n) is 11.6. The number of unbranched alkanes of at least 4 members (excludes halogenated alkanes) is 1. The summed E-state index contributed by atoms with van der Waals surface area (Å²) >= 11 is 0. The van der Waals surface area contributed by atoms with Gasteiger partial charge in [-0.05, 0) is 38.3 Å². The van der Waals surface area contributed by atoms with Crippen LogP contribution in [0.4, 0.5) is 5.82 Å². The number of para-hydroxylation sites is 2. The summed E-state index contributed by atoms with van der Waals surface area (Å²) in [7, 11) is 0. The zero-order chi connectivity index (χ0) is 22.2. The third-order valence-electron chi connectivity index (χ3n) is 5.88. The Labute approximate surface area is 184 Å². The number of benzene rings is 1. The van der Waals surface area contributed by atoms with Crippen molar-refractivity contribution in [3.63, 3.8) is 0 Å². The van der Waals surface area contributed by atoms with Crippen LogP contribution in [0.25, 0.3) is 11.0 Å². The highest BCUT2D eigenvalue weighted by Gasteiger charge is 2.28. The molecule has 0 spiro atoms. The molecule has 1 aliphatic heterocycles. The predicted octanol–water partition coefficient (Wildman–Crippen LogP) is 4.06. The minimum Gasteiger partial charge on any atom is -0.461 e. The summed E-state index contributed by atoms with van der Waals surface area (Å²) in [5.41, 5.74) is 1.66. The van der Waals surface area contributed by atoms with Crippen molar-refractivity contribution >= 4 is 28.7 Å². The minimum atomic E-state index is -0.460. The molecule has 7 heteroatoms. The lowest BCUT2D eigenvalue weighted by molar-refractivity contribution is -0.135. The van der Waals surface area contributed by atoms with Gasteiger partial charge in [0.25, 0.3) is 0 Å². The summed E-state index contributed by atoms with van der Waals surface area (Å²) in [6.07, 6.45) is 4.85. The first-order valence-corrected chi connectivity index (χ1v) is 11.6. The molecule has 0 aliphatic carbocycles. The second-order valence-corrected chi connectivity index (χ2v) is 8.02. The van der Waals surface area contributed by atoms with Gasteiger partial charge in [-0.2, -0.15) is 0 Å². The Hall–Kier alpha value is -2.70. The predicted molar refractivity (Wildman–Crippen MR) is 122 cm³/mol. The van der Waals surface area contributed by atoms with Crippen molar-refractivity contribution in [2.45, 2.75) is 52.9 Å². The zero-order valence-corrected chi connectivity index (χ0v) is 19.0. The molecular weight excluding hydrogens is 392 g/mol. The monoisotopic (exact) mass is 426 g/mol. The fourth-order valence-corrected chi connectivity index (χ4v) is 4.11. The van der Waals surface area contributed by atoms with Crippen molar-refractivity contribution in [3.05, 3.63) is 30.0 Å². The molecule has 0 radical (unpaired) electrons. The number of hydrogen-bond acceptors (Lipinski definition) is 6. The summed E-state index contributed by atoms with van der Waals surface area (Å²) in [6, 6.07) is 7.53. The molecule has 1 unspecified atom stereocenters. The highest BCUT2D eigenvalue weighted by Crippen LogP contribution is 2.24. The van der Waals surface area contributed by atoms with Crippen molar-refractivity contribution in [3.8, 4) is 0 Å². The van der Waals surface area contributed by atoms with Gasteiger partial charge in [0, 0.05) is 32.1 Å². The molecule has 2 aromatic rings. The Morgan fingerprint density at radius 2 is 1.77 bits per heavy atom. The van der Waals surface area contributed by atoms with E-state index in [0.717, 1.165) is 50.7 Å². The SMILES string of the molecule is CCCCC(CC)C(=O)N1CCCN(c2nc3ccccc3nc2C(=O)OCC)CC1. The van der Waals surface area contributed by atoms with E-state index < -0.39 is 5.97 Å². The maximum absolute atomic E-state index is 13.1. The number of anilines is 1. The van der Waals surface area contributed by atoms with E-state index in [4.69, 9.17) is 9.72 Å². The zero-order valence-electron chi connectivity index (χ0n) is 19.0. The highest BCUT2D eigenvalue weighted by atomic mass is 16.5. The number of carbonyl (C=O) groups excluding carboxylic acids is 2. The third kappa shape index (κ3) is 5.51. The Balaban J connectivity index is 1.82. The largest absolute Gasteiger partial charge is 0.461 e. The van der Waals surface area contributed by atoms with Gasteiger partial charge in [-0.3, -0.25) is 4.79 Å². The standard InChI is InChI=1S/C24H34N4O3/c1-4-7-11-18(5-2)23(29)28-15-10-14-27(16-17-28)22-21(24(30)31-6-3)25-19-12-8-9-13-20(19)26-22/h8-9,12-13,18H,4-7,10-11,14-17H2,1-3H3. The summed E-state index contributed by atoms with van der Waals surface area (Å²) < 4.78 is 5.25. The fraction of sp³-hybridized carbons (Fsp3) is 0.583. The number of ether oxygens (including phenoxy) is 1. The number of rotatable bonds is 8. The van der Waals surface area contributed by atoms with Gasteiger partial charge in [-0.1, -0.05) is 38.8 Å². The Bertz CT molecular complexity index is 902. The van der Waals surface area contributed by atoms with Crippen molar-refractivity contribution in [2.75, 3.05) is 37.7 Å². The van der Waals surface area contributed by atoms with Crippen LogP contribution in [0.3, 0.4) is 0 Å². The molecule has 1 saturated heterocycles. The van der Waals surface area contributed by atoms with Crippen LogP contribution in [-0.2, 0) is 9.53 Å². The molecule has 1 aromatic carbocycles. The van der Waals surface area contributed by atoms with E-state index in [9.17, 15) is 9.59 Å². The van der Waals surface area contributed by atoms with Crippen molar-refractivity contribution in [1.82, 2.24) is 14.9 Å². The lowest BCUT2D eigenvalue weighted by Crippen LogP contribution is -2.39. The molecule has 31 heavy (non-hydrogen) atoms. The van der Waals surface area contributed by atoms with Crippen molar-refractivity contribution in [1.29, 1.82) is 0 Å². The molecule has 0 N–H and O–H groups in total.